The van der Waals surface area contributed by atoms with Gasteiger partial charge in [-0.15, -0.1) is 0 Å². The number of carbonyl (C=O) groups is 1. The number of ether oxygens (including phenoxy) is 6. The van der Waals surface area contributed by atoms with E-state index in [0.29, 0.717) is 19.5 Å². The highest BCUT2D eigenvalue weighted by atomic mass is 16.7. The number of nitrogens with zero attached hydrogens (tertiary/aromatic N) is 2. The van der Waals surface area contributed by atoms with Gasteiger partial charge in [-0.1, -0.05) is 20.8 Å². The maximum atomic E-state index is 14.3. The monoisotopic (exact) mass is 866 g/mol. The van der Waals surface area contributed by atoms with E-state index in [1.165, 1.54) is 14.0 Å². The van der Waals surface area contributed by atoms with Crippen LogP contribution < -0.4 is 5.32 Å². The van der Waals surface area contributed by atoms with Crippen molar-refractivity contribution in [2.45, 2.75) is 204 Å². The van der Waals surface area contributed by atoms with Gasteiger partial charge in [-0.05, 0) is 94.7 Å². The third kappa shape index (κ3) is 13.2. The molecular weight excluding hydrogens is 782 g/mol. The number of hydrogen-bond acceptors (Lipinski definition) is 17. The Hall–Kier alpha value is -1.13. The van der Waals surface area contributed by atoms with Gasteiger partial charge in [-0.25, -0.2) is 0 Å². The van der Waals surface area contributed by atoms with E-state index in [-0.39, 0.29) is 38.3 Å². The van der Waals surface area contributed by atoms with Gasteiger partial charge in [-0.3, -0.25) is 9.69 Å². The average molecular weight is 866 g/mol. The molecule has 0 aromatic heterocycles. The molecule has 354 valence electrons. The minimum atomic E-state index is -1.84. The Balaban J connectivity index is 2.12. The molecule has 8 N–H and O–H groups in total. The molecule has 0 aromatic carbocycles. The Kier molecular flexibility index (Phi) is 19.7. The lowest BCUT2D eigenvalue weighted by atomic mass is 9.77. The van der Waals surface area contributed by atoms with E-state index in [9.17, 15) is 40.5 Å². The van der Waals surface area contributed by atoms with E-state index in [4.69, 9.17) is 28.4 Å². The van der Waals surface area contributed by atoms with E-state index in [1.807, 2.05) is 30.7 Å². The Morgan fingerprint density at radius 3 is 2.18 bits per heavy atom. The predicted molar refractivity (Wildman–Crippen MR) is 224 cm³/mol. The minimum absolute atomic E-state index is 0.0953. The molecule has 17 heteroatoms. The lowest BCUT2D eigenvalue weighted by Gasteiger charge is -2.49. The Labute approximate surface area is 359 Å². The number of nitrogens with one attached hydrogen (secondary N) is 1. The van der Waals surface area contributed by atoms with Crippen molar-refractivity contribution in [2.24, 2.45) is 17.8 Å². The maximum Gasteiger partial charge on any atom is 0.311 e. The van der Waals surface area contributed by atoms with Crippen LogP contribution in [0.25, 0.3) is 0 Å². The van der Waals surface area contributed by atoms with Crippen LogP contribution in [0.4, 0.5) is 0 Å². The number of aliphatic hydroxyl groups excluding tert-OH is 5. The molecule has 0 amide bonds. The van der Waals surface area contributed by atoms with Crippen molar-refractivity contribution in [3.63, 3.8) is 0 Å². The van der Waals surface area contributed by atoms with Crippen LogP contribution in [0.3, 0.4) is 0 Å². The third-order valence-corrected chi connectivity index (χ3v) is 13.4. The van der Waals surface area contributed by atoms with E-state index in [1.54, 1.807) is 62.4 Å². The zero-order valence-electron chi connectivity index (χ0n) is 38.9. The highest BCUT2D eigenvalue weighted by Crippen LogP contribution is 2.40. The van der Waals surface area contributed by atoms with Crippen molar-refractivity contribution < 1.29 is 69.0 Å². The Morgan fingerprint density at radius 1 is 0.967 bits per heavy atom. The SMILES string of the molecule is CC[C@H]1OC(=O)[C@H](C)[C@@H](O[C@H]2C[C@@](C)(OC)[C@@H](O)[C@H](C)O2)[C@H](C)[C@@H](O[C@@H]2O[C@H](C)CC(N(C)CC(O)CNCC(C)O)[C@H]2O)[C@](C)(O)C[C@@H](C)CN(C)[C@H](C)[C@@H](O)[C@]1(C)O. The molecule has 20 atom stereocenters. The first kappa shape index (κ1) is 53.2. The number of likely N-dealkylation sites (N-methyl/N-ethyl adjacent to an activating group) is 2. The van der Waals surface area contributed by atoms with Crippen LogP contribution >= 0.6 is 0 Å². The first-order valence-corrected chi connectivity index (χ1v) is 22.0. The van der Waals surface area contributed by atoms with Crippen LogP contribution in [0, 0.1) is 17.8 Å². The van der Waals surface area contributed by atoms with Crippen molar-refractivity contribution in [1.82, 2.24) is 15.1 Å². The van der Waals surface area contributed by atoms with Gasteiger partial charge in [0.1, 0.15) is 30.0 Å². The molecule has 0 spiro atoms. The maximum absolute atomic E-state index is 14.3. The summed E-state index contributed by atoms with van der Waals surface area (Å²) in [6, 6.07) is -1.09. The van der Waals surface area contributed by atoms with Crippen LogP contribution in [0.2, 0.25) is 0 Å². The topological polar surface area (TPSA) is 233 Å². The van der Waals surface area contributed by atoms with E-state index >= 15 is 0 Å². The summed E-state index contributed by atoms with van der Waals surface area (Å²) >= 11 is 0. The summed E-state index contributed by atoms with van der Waals surface area (Å²) in [7, 11) is 5.12. The first-order chi connectivity index (χ1) is 27.7. The zero-order chi connectivity index (χ0) is 45.7. The quantitative estimate of drug-likeness (QED) is 0.119. The number of hydrogen-bond donors (Lipinski definition) is 8. The van der Waals surface area contributed by atoms with Gasteiger partial charge in [0, 0.05) is 57.7 Å². The zero-order valence-corrected chi connectivity index (χ0v) is 38.9. The van der Waals surface area contributed by atoms with E-state index < -0.39 is 120 Å². The molecule has 3 rings (SSSR count). The molecule has 0 aliphatic carbocycles. The first-order valence-electron chi connectivity index (χ1n) is 22.0. The second kappa shape index (κ2) is 22.2. The highest BCUT2D eigenvalue weighted by Gasteiger charge is 2.53. The van der Waals surface area contributed by atoms with Gasteiger partial charge in [0.25, 0.3) is 0 Å². The fraction of sp³-hybridized carbons (Fsp3) is 0.977. The van der Waals surface area contributed by atoms with Crippen molar-refractivity contribution in [2.75, 3.05) is 47.4 Å². The standard InChI is InChI=1S/C43H83N3O14/c1-15-32-43(11,54)36(50)28(7)45(12)21-23(2)17-41(9,53)38(60-40-34(49)31(16-25(4)56-40)46(13)22-30(48)20-44-19-24(3)47)26(5)35(27(6)39(52)58-32)59-33-18-42(10,55-14)37(51)29(8)57-33/h23-38,40,44,47-51,53-54H,15-22H2,1-14H3/t23-,24?,25-,26+,27-,28-,29+,30?,31?,32-,33+,34-,35+,36-,37+,38-,40+,41-,42-,43-/m1/s1. The molecule has 3 aliphatic heterocycles. The molecule has 3 heterocycles. The third-order valence-electron chi connectivity index (χ3n) is 13.4. The molecule has 0 aromatic rings. The summed E-state index contributed by atoms with van der Waals surface area (Å²) in [5, 5.41) is 82.4. The largest absolute Gasteiger partial charge is 0.459 e. The lowest BCUT2D eigenvalue weighted by Crippen LogP contribution is -2.61. The molecule has 3 unspecified atom stereocenters. The van der Waals surface area contributed by atoms with Crippen LogP contribution in [-0.2, 0) is 33.2 Å². The van der Waals surface area contributed by atoms with E-state index in [0.717, 1.165) is 0 Å². The predicted octanol–water partition coefficient (Wildman–Crippen LogP) is 0.602. The van der Waals surface area contributed by atoms with Crippen LogP contribution in [0.1, 0.15) is 102 Å². The summed E-state index contributed by atoms with van der Waals surface area (Å²) in [6.07, 6.45) is -10.7. The molecule has 60 heavy (non-hydrogen) atoms. The van der Waals surface area contributed by atoms with Gasteiger partial charge < -0.3 is 74.4 Å². The van der Waals surface area contributed by atoms with E-state index in [2.05, 4.69) is 5.32 Å². The normalized spacial score (nSPS) is 45.7. The smallest absolute Gasteiger partial charge is 0.311 e. The Bertz CT molecular complexity index is 1310. The van der Waals surface area contributed by atoms with Crippen LogP contribution in [0.15, 0.2) is 0 Å². The van der Waals surface area contributed by atoms with Gasteiger partial charge in [-0.2, -0.15) is 0 Å². The Morgan fingerprint density at radius 2 is 1.60 bits per heavy atom. The van der Waals surface area contributed by atoms with Gasteiger partial charge in [0.2, 0.25) is 0 Å². The molecule has 3 aliphatic rings. The summed E-state index contributed by atoms with van der Waals surface area (Å²) < 4.78 is 37.8. The second-order valence-corrected chi connectivity index (χ2v) is 19.3. The fourth-order valence-electron chi connectivity index (χ4n) is 9.65. The molecule has 0 bridgehead atoms. The molecule has 3 saturated heterocycles. The second-order valence-electron chi connectivity index (χ2n) is 19.3. The number of esters is 1. The summed E-state index contributed by atoms with van der Waals surface area (Å²) in [5.41, 5.74) is -4.54. The number of cyclic esters (lactones) is 1. The van der Waals surface area contributed by atoms with Gasteiger partial charge in [0.05, 0.1) is 53.7 Å². The molecular formula is C43H83N3O14. The van der Waals surface area contributed by atoms with Crippen molar-refractivity contribution in [3.05, 3.63) is 0 Å². The van der Waals surface area contributed by atoms with Gasteiger partial charge in [0.15, 0.2) is 12.6 Å². The van der Waals surface area contributed by atoms with Crippen molar-refractivity contribution in [1.29, 1.82) is 0 Å². The van der Waals surface area contributed by atoms with Gasteiger partial charge >= 0.3 is 5.97 Å². The van der Waals surface area contributed by atoms with Crippen molar-refractivity contribution in [3.8, 4) is 0 Å². The molecule has 17 nitrogen and oxygen atoms in total. The molecule has 0 saturated carbocycles. The number of methoxy groups -OCH3 is 1. The highest BCUT2D eigenvalue weighted by molar-refractivity contribution is 5.73. The van der Waals surface area contributed by atoms with Crippen LogP contribution in [0.5, 0.6) is 0 Å². The minimum Gasteiger partial charge on any atom is -0.459 e. The summed E-state index contributed by atoms with van der Waals surface area (Å²) in [4.78, 5) is 18.1. The summed E-state index contributed by atoms with van der Waals surface area (Å²) in [6.45, 7) is 20.2. The van der Waals surface area contributed by atoms with Crippen molar-refractivity contribution >= 4 is 5.97 Å². The number of rotatable bonds is 13. The number of aliphatic hydroxyl groups is 7. The molecule has 0 radical (unpaired) electrons. The fourth-order valence-corrected chi connectivity index (χ4v) is 9.65. The summed E-state index contributed by atoms with van der Waals surface area (Å²) in [5.74, 6) is -2.81. The average Bonchev–Trinajstić information content (AvgIpc) is 3.15. The van der Waals surface area contributed by atoms with Crippen LogP contribution in [-0.4, -0.2) is 201 Å². The number of carbonyl (C=O) groups excluding carboxylic acids is 1. The lowest BCUT2D eigenvalue weighted by molar-refractivity contribution is -0.318. The molecule has 3 fully saturated rings.